The molecule has 34 heavy (non-hydrogen) atoms. The zero-order valence-electron chi connectivity index (χ0n) is 19.9. The lowest BCUT2D eigenvalue weighted by molar-refractivity contribution is 0.396. The fraction of sp³-hybridized carbons (Fsp3) is 0.280. The van der Waals surface area contributed by atoms with Crippen molar-refractivity contribution in [1.29, 1.82) is 0 Å². The summed E-state index contributed by atoms with van der Waals surface area (Å²) in [5.74, 6) is 6.86. The molecule has 0 radical (unpaired) electrons. The van der Waals surface area contributed by atoms with Crippen LogP contribution in [0.2, 0.25) is 0 Å². The van der Waals surface area contributed by atoms with Gasteiger partial charge in [-0.2, -0.15) is 0 Å². The summed E-state index contributed by atoms with van der Waals surface area (Å²) in [7, 11) is -1.81. The highest BCUT2D eigenvalue weighted by Crippen LogP contribution is 2.35. The van der Waals surface area contributed by atoms with E-state index in [2.05, 4.69) is 21.5 Å². The monoisotopic (exact) mass is 481 g/mol. The molecule has 8 nitrogen and oxygen atoms in total. The Hall–Kier alpha value is -3.77. The van der Waals surface area contributed by atoms with Crippen molar-refractivity contribution in [3.05, 3.63) is 85.7 Å². The summed E-state index contributed by atoms with van der Waals surface area (Å²) < 4.78 is 32.5. The second-order valence-electron chi connectivity index (χ2n) is 8.96. The number of ether oxygens (including phenoxy) is 1. The first-order chi connectivity index (χ1) is 15.8. The van der Waals surface area contributed by atoms with Crippen molar-refractivity contribution in [3.63, 3.8) is 0 Å². The minimum absolute atomic E-state index is 0.321. The zero-order chi connectivity index (χ0) is 25.3. The number of aromatic amines is 1. The molecule has 0 aliphatic carbocycles. The first-order valence-corrected chi connectivity index (χ1v) is 12.3. The maximum atomic E-state index is 12.4. The molecule has 0 saturated heterocycles. The van der Waals surface area contributed by atoms with Gasteiger partial charge in [-0.25, -0.2) is 13.2 Å². The Labute approximate surface area is 198 Å². The van der Waals surface area contributed by atoms with E-state index >= 15 is 0 Å². The molecule has 3 rings (SSSR count). The Bertz CT molecular complexity index is 1530. The van der Waals surface area contributed by atoms with Crippen molar-refractivity contribution in [3.8, 4) is 23.3 Å². The van der Waals surface area contributed by atoms with Crippen LogP contribution in [0.4, 0.5) is 5.69 Å². The molecule has 0 aliphatic rings. The van der Waals surface area contributed by atoms with Crippen LogP contribution in [-0.4, -0.2) is 31.3 Å². The minimum Gasteiger partial charge on any atom is -0.495 e. The first-order valence-electron chi connectivity index (χ1n) is 10.4. The van der Waals surface area contributed by atoms with Gasteiger partial charge in [-0.15, -0.1) is 0 Å². The molecule has 0 atom stereocenters. The topological polar surface area (TPSA) is 110 Å². The maximum Gasteiger partial charge on any atom is 0.332 e. The van der Waals surface area contributed by atoms with Crippen LogP contribution in [0.3, 0.4) is 0 Å². The van der Waals surface area contributed by atoms with Crippen LogP contribution in [0.1, 0.15) is 43.0 Å². The summed E-state index contributed by atoms with van der Waals surface area (Å²) in [6, 6.07) is 9.95. The van der Waals surface area contributed by atoms with E-state index in [1.807, 2.05) is 33.8 Å². The Morgan fingerprint density at radius 2 is 1.71 bits per heavy atom. The summed E-state index contributed by atoms with van der Waals surface area (Å²) in [4.78, 5) is 26.2. The predicted molar refractivity (Wildman–Crippen MR) is 134 cm³/mol. The average molecular weight is 482 g/mol. The number of anilines is 1. The van der Waals surface area contributed by atoms with Gasteiger partial charge in [0.15, 0.2) is 0 Å². The first kappa shape index (κ1) is 24.9. The Balaban J connectivity index is 2.18. The molecule has 0 amide bonds. The molecule has 0 bridgehead atoms. The lowest BCUT2D eigenvalue weighted by Crippen LogP contribution is -2.28. The Morgan fingerprint density at radius 1 is 1.03 bits per heavy atom. The molecular formula is C25H27N3O5S. The van der Waals surface area contributed by atoms with Crippen LogP contribution >= 0.6 is 0 Å². The van der Waals surface area contributed by atoms with Crippen molar-refractivity contribution in [2.24, 2.45) is 0 Å². The lowest BCUT2D eigenvalue weighted by Gasteiger charge is -2.24. The molecule has 0 unspecified atom stereocenters. The lowest BCUT2D eigenvalue weighted by atomic mass is 9.84. The molecule has 1 aromatic heterocycles. The molecule has 2 N–H and O–H groups in total. The number of methoxy groups -OCH3 is 1. The van der Waals surface area contributed by atoms with E-state index in [1.165, 1.54) is 16.8 Å². The SMILES string of the molecule is COc1c(C#Cc2ccc(NS(C)(=O)=O)cc2C)cc(-n2ccc(=O)[nH]c2=O)cc1C(C)(C)C. The number of rotatable bonds is 4. The number of aromatic nitrogens is 2. The second-order valence-corrected chi connectivity index (χ2v) is 10.7. The van der Waals surface area contributed by atoms with Gasteiger partial charge >= 0.3 is 5.69 Å². The van der Waals surface area contributed by atoms with Crippen molar-refractivity contribution in [2.45, 2.75) is 33.1 Å². The smallest absolute Gasteiger partial charge is 0.332 e. The van der Waals surface area contributed by atoms with Crippen LogP contribution in [0, 0.1) is 18.8 Å². The van der Waals surface area contributed by atoms with Crippen LogP contribution < -0.4 is 20.7 Å². The number of hydrogen-bond donors (Lipinski definition) is 2. The van der Waals surface area contributed by atoms with E-state index < -0.39 is 21.3 Å². The van der Waals surface area contributed by atoms with Crippen LogP contribution in [0.5, 0.6) is 5.75 Å². The van der Waals surface area contributed by atoms with Gasteiger partial charge in [0.2, 0.25) is 10.0 Å². The highest BCUT2D eigenvalue weighted by Gasteiger charge is 2.23. The number of sulfonamides is 1. The van der Waals surface area contributed by atoms with Crippen molar-refractivity contribution >= 4 is 15.7 Å². The summed E-state index contributed by atoms with van der Waals surface area (Å²) in [5, 5.41) is 0. The number of hydrogen-bond acceptors (Lipinski definition) is 5. The molecule has 0 fully saturated rings. The Kier molecular flexibility index (Phi) is 6.75. The van der Waals surface area contributed by atoms with E-state index in [1.54, 1.807) is 31.4 Å². The van der Waals surface area contributed by atoms with Gasteiger partial charge < -0.3 is 4.74 Å². The molecule has 3 aromatic rings. The fourth-order valence-corrected chi connectivity index (χ4v) is 4.01. The number of H-pyrrole nitrogens is 1. The zero-order valence-corrected chi connectivity index (χ0v) is 20.8. The van der Waals surface area contributed by atoms with Gasteiger partial charge in [0, 0.05) is 29.1 Å². The second kappa shape index (κ2) is 9.23. The number of aryl methyl sites for hydroxylation is 1. The fourth-order valence-electron chi connectivity index (χ4n) is 3.46. The van der Waals surface area contributed by atoms with Crippen LogP contribution in [0.15, 0.2) is 52.2 Å². The number of nitrogens with zero attached hydrogens (tertiary/aromatic N) is 1. The molecule has 2 aromatic carbocycles. The third kappa shape index (κ3) is 5.77. The third-order valence-corrected chi connectivity index (χ3v) is 5.66. The van der Waals surface area contributed by atoms with Gasteiger partial charge in [-0.05, 0) is 48.2 Å². The molecule has 0 spiro atoms. The minimum atomic E-state index is -3.38. The van der Waals surface area contributed by atoms with Crippen molar-refractivity contribution in [1.82, 2.24) is 9.55 Å². The number of benzene rings is 2. The maximum absolute atomic E-state index is 12.4. The van der Waals surface area contributed by atoms with Gasteiger partial charge in [0.05, 0.1) is 24.6 Å². The molecular weight excluding hydrogens is 454 g/mol. The van der Waals surface area contributed by atoms with Crippen molar-refractivity contribution in [2.75, 3.05) is 18.1 Å². The van der Waals surface area contributed by atoms with E-state index in [9.17, 15) is 18.0 Å². The van der Waals surface area contributed by atoms with Gasteiger partial charge in [0.1, 0.15) is 5.75 Å². The summed E-state index contributed by atoms with van der Waals surface area (Å²) in [6.07, 6.45) is 2.51. The summed E-state index contributed by atoms with van der Waals surface area (Å²) in [5.41, 5.74) is 2.57. The molecule has 178 valence electrons. The largest absolute Gasteiger partial charge is 0.495 e. The summed E-state index contributed by atoms with van der Waals surface area (Å²) in [6.45, 7) is 7.92. The molecule has 0 saturated carbocycles. The third-order valence-electron chi connectivity index (χ3n) is 5.05. The van der Waals surface area contributed by atoms with E-state index in [4.69, 9.17) is 4.74 Å². The van der Waals surface area contributed by atoms with Gasteiger partial charge in [0.25, 0.3) is 5.56 Å². The quantitative estimate of drug-likeness (QED) is 0.557. The predicted octanol–water partition coefficient (Wildman–Crippen LogP) is 2.91. The normalized spacial score (nSPS) is 11.5. The average Bonchev–Trinajstić information content (AvgIpc) is 2.70. The van der Waals surface area contributed by atoms with Crippen LogP contribution in [0.25, 0.3) is 5.69 Å². The molecule has 0 aliphatic heterocycles. The molecule has 1 heterocycles. The number of nitrogens with one attached hydrogen (secondary N) is 2. The standard InChI is InChI=1S/C25H27N3O5S/c1-16-13-19(27-34(6,31)32)10-9-17(16)7-8-18-14-20(28-12-11-22(29)26-24(28)30)15-21(23(18)33-5)25(2,3)4/h9-15,27H,1-6H3,(H,26,29,30). The van der Waals surface area contributed by atoms with Crippen molar-refractivity contribution < 1.29 is 13.2 Å². The highest BCUT2D eigenvalue weighted by atomic mass is 32.2. The van der Waals surface area contributed by atoms with E-state index in [-0.39, 0.29) is 5.41 Å². The van der Waals surface area contributed by atoms with E-state index in [0.29, 0.717) is 28.3 Å². The Morgan fingerprint density at radius 3 is 2.26 bits per heavy atom. The van der Waals surface area contributed by atoms with E-state index in [0.717, 1.165) is 17.4 Å². The van der Waals surface area contributed by atoms with Gasteiger partial charge in [-0.1, -0.05) is 32.6 Å². The van der Waals surface area contributed by atoms with Gasteiger partial charge in [-0.3, -0.25) is 19.1 Å². The summed E-state index contributed by atoms with van der Waals surface area (Å²) >= 11 is 0. The highest BCUT2D eigenvalue weighted by molar-refractivity contribution is 7.92. The van der Waals surface area contributed by atoms with Crippen LogP contribution in [-0.2, 0) is 15.4 Å². The molecule has 9 heteroatoms.